The molecule has 0 spiro atoms. The van der Waals surface area contributed by atoms with Crippen molar-refractivity contribution in [1.29, 1.82) is 0 Å². The maximum Gasteiger partial charge on any atom is 0.243 e. The molecule has 0 bridgehead atoms. The maximum atomic E-state index is 12.1. The van der Waals surface area contributed by atoms with E-state index in [0.717, 1.165) is 11.3 Å². The number of unbranched alkanes of at least 4 members (excludes halogenated alkanes) is 1. The average molecular weight is 352 g/mol. The van der Waals surface area contributed by atoms with Crippen molar-refractivity contribution in [3.8, 4) is 0 Å². The Morgan fingerprint density at radius 3 is 2.46 bits per heavy atom. The quantitative estimate of drug-likeness (QED) is 0.564. The highest BCUT2D eigenvalue weighted by Gasteiger charge is 2.19. The van der Waals surface area contributed by atoms with Crippen molar-refractivity contribution in [2.75, 3.05) is 12.3 Å². The van der Waals surface area contributed by atoms with E-state index >= 15 is 0 Å². The number of carbonyl (C=O) groups is 2. The van der Waals surface area contributed by atoms with E-state index in [2.05, 4.69) is 29.7 Å². The van der Waals surface area contributed by atoms with Crippen LogP contribution in [0.15, 0.2) is 29.2 Å². The smallest absolute Gasteiger partial charge is 0.243 e. The zero-order chi connectivity index (χ0) is 17.9. The summed E-state index contributed by atoms with van der Waals surface area (Å²) in [4.78, 5) is 24.5. The molecule has 134 valence electrons. The lowest BCUT2D eigenvalue weighted by atomic mass is 10.1. The Hall–Kier alpha value is -1.53. The van der Waals surface area contributed by atoms with Crippen LogP contribution in [0.5, 0.6) is 0 Å². The van der Waals surface area contributed by atoms with Gasteiger partial charge in [0.2, 0.25) is 11.8 Å². The van der Waals surface area contributed by atoms with Gasteiger partial charge in [-0.1, -0.05) is 25.5 Å². The molecule has 0 saturated carbocycles. The molecule has 0 heterocycles. The molecule has 1 aromatic rings. The third-order valence-corrected chi connectivity index (χ3v) is 4.53. The van der Waals surface area contributed by atoms with E-state index in [0.29, 0.717) is 5.75 Å². The molecule has 24 heavy (non-hydrogen) atoms. The summed E-state index contributed by atoms with van der Waals surface area (Å²) in [6.07, 6.45) is 2.82. The number of aliphatic hydroxyl groups excluding tert-OH is 1. The van der Waals surface area contributed by atoms with Gasteiger partial charge in [0, 0.05) is 24.1 Å². The summed E-state index contributed by atoms with van der Waals surface area (Å²) in [6.45, 7) is 5.34. The first-order chi connectivity index (χ1) is 11.4. The zero-order valence-corrected chi connectivity index (χ0v) is 15.5. The SMILES string of the molecule is CCCCc1ccc(SCC(NC(C)=O)C(=O)NCC(C)O)cc1. The van der Waals surface area contributed by atoms with E-state index in [-0.39, 0.29) is 18.4 Å². The van der Waals surface area contributed by atoms with Crippen LogP contribution in [0.3, 0.4) is 0 Å². The molecule has 0 aliphatic rings. The molecular formula is C18H28N2O3S. The molecule has 5 nitrogen and oxygen atoms in total. The number of nitrogens with one attached hydrogen (secondary N) is 2. The molecule has 0 fully saturated rings. The number of thioether (sulfide) groups is 1. The standard InChI is InChI=1S/C18H28N2O3S/c1-4-5-6-15-7-9-16(10-8-15)24-12-17(20-14(3)22)18(23)19-11-13(2)21/h7-10,13,17,21H,4-6,11-12H2,1-3H3,(H,19,23)(H,20,22). The largest absolute Gasteiger partial charge is 0.392 e. The first-order valence-electron chi connectivity index (χ1n) is 8.37. The summed E-state index contributed by atoms with van der Waals surface area (Å²) in [6, 6.07) is 7.70. The molecule has 3 N–H and O–H groups in total. The highest BCUT2D eigenvalue weighted by molar-refractivity contribution is 7.99. The van der Waals surface area contributed by atoms with E-state index in [1.807, 2.05) is 12.1 Å². The minimum atomic E-state index is -0.619. The second kappa shape index (κ2) is 11.1. The fourth-order valence-corrected chi connectivity index (χ4v) is 3.03. The maximum absolute atomic E-state index is 12.1. The molecule has 1 rings (SSSR count). The molecule has 0 aliphatic heterocycles. The number of aliphatic hydroxyl groups is 1. The monoisotopic (exact) mass is 352 g/mol. The lowest BCUT2D eigenvalue weighted by Crippen LogP contribution is -2.48. The fourth-order valence-electron chi connectivity index (χ4n) is 2.11. The summed E-state index contributed by atoms with van der Waals surface area (Å²) >= 11 is 1.53. The normalized spacial score (nSPS) is 13.2. The van der Waals surface area contributed by atoms with Crippen LogP contribution in [0.1, 0.15) is 39.2 Å². The number of rotatable bonds is 10. The van der Waals surface area contributed by atoms with Crippen LogP contribution in [-0.4, -0.2) is 41.4 Å². The van der Waals surface area contributed by atoms with Crippen LogP contribution in [0, 0.1) is 0 Å². The minimum absolute atomic E-state index is 0.172. The van der Waals surface area contributed by atoms with Crippen molar-refractivity contribution in [3.05, 3.63) is 29.8 Å². The third kappa shape index (κ3) is 8.36. The lowest BCUT2D eigenvalue weighted by molar-refractivity contribution is -0.127. The van der Waals surface area contributed by atoms with Crippen LogP contribution >= 0.6 is 11.8 Å². The van der Waals surface area contributed by atoms with Gasteiger partial charge in [0.25, 0.3) is 0 Å². The molecule has 2 unspecified atom stereocenters. The Balaban J connectivity index is 2.57. The highest BCUT2D eigenvalue weighted by Crippen LogP contribution is 2.20. The molecule has 0 aromatic heterocycles. The van der Waals surface area contributed by atoms with E-state index in [1.165, 1.54) is 37.1 Å². The van der Waals surface area contributed by atoms with Crippen LogP contribution < -0.4 is 10.6 Å². The Labute approximate surface area is 148 Å². The number of benzene rings is 1. The Morgan fingerprint density at radius 2 is 1.92 bits per heavy atom. The number of hydrogen-bond acceptors (Lipinski definition) is 4. The topological polar surface area (TPSA) is 78.4 Å². The van der Waals surface area contributed by atoms with Crippen LogP contribution in [0.4, 0.5) is 0 Å². The molecule has 6 heteroatoms. The van der Waals surface area contributed by atoms with E-state index in [9.17, 15) is 14.7 Å². The van der Waals surface area contributed by atoms with Gasteiger partial charge in [0.1, 0.15) is 6.04 Å². The van der Waals surface area contributed by atoms with Gasteiger partial charge in [-0.05, 0) is 37.5 Å². The van der Waals surface area contributed by atoms with Crippen molar-refractivity contribution < 1.29 is 14.7 Å². The molecule has 0 aliphatic carbocycles. The molecule has 1 aromatic carbocycles. The summed E-state index contributed by atoms with van der Waals surface area (Å²) < 4.78 is 0. The van der Waals surface area contributed by atoms with Gasteiger partial charge in [-0.25, -0.2) is 0 Å². The first kappa shape index (κ1) is 20.5. The predicted octanol–water partition coefficient (Wildman–Crippen LogP) is 2.12. The van der Waals surface area contributed by atoms with Crippen LogP contribution in [-0.2, 0) is 16.0 Å². The van der Waals surface area contributed by atoms with Crippen molar-refractivity contribution in [2.24, 2.45) is 0 Å². The summed E-state index contributed by atoms with van der Waals surface area (Å²) in [7, 11) is 0. The number of carbonyl (C=O) groups excluding carboxylic acids is 2. The number of aryl methyl sites for hydroxylation is 1. The van der Waals surface area contributed by atoms with Gasteiger partial charge < -0.3 is 15.7 Å². The summed E-state index contributed by atoms with van der Waals surface area (Å²) in [5, 5.41) is 14.6. The van der Waals surface area contributed by atoms with E-state index in [4.69, 9.17) is 0 Å². The van der Waals surface area contributed by atoms with Crippen LogP contribution in [0.2, 0.25) is 0 Å². The number of amides is 2. The van der Waals surface area contributed by atoms with Gasteiger partial charge in [0.15, 0.2) is 0 Å². The van der Waals surface area contributed by atoms with E-state index < -0.39 is 12.1 Å². The predicted molar refractivity (Wildman–Crippen MR) is 98.1 cm³/mol. The molecule has 0 radical (unpaired) electrons. The zero-order valence-electron chi connectivity index (χ0n) is 14.7. The van der Waals surface area contributed by atoms with Gasteiger partial charge >= 0.3 is 0 Å². The second-order valence-corrected chi connectivity index (χ2v) is 7.00. The van der Waals surface area contributed by atoms with E-state index in [1.54, 1.807) is 6.92 Å². The first-order valence-corrected chi connectivity index (χ1v) is 9.35. The average Bonchev–Trinajstić information content (AvgIpc) is 2.55. The molecular weight excluding hydrogens is 324 g/mol. The Morgan fingerprint density at radius 1 is 1.25 bits per heavy atom. The van der Waals surface area contributed by atoms with Gasteiger partial charge in [-0.3, -0.25) is 9.59 Å². The molecule has 0 saturated heterocycles. The second-order valence-electron chi connectivity index (χ2n) is 5.91. The van der Waals surface area contributed by atoms with Crippen molar-refractivity contribution >= 4 is 23.6 Å². The van der Waals surface area contributed by atoms with Crippen molar-refractivity contribution in [2.45, 2.75) is 57.1 Å². The van der Waals surface area contributed by atoms with Gasteiger partial charge in [-0.15, -0.1) is 11.8 Å². The summed E-state index contributed by atoms with van der Waals surface area (Å²) in [5.74, 6) is -0.0830. The van der Waals surface area contributed by atoms with Gasteiger partial charge in [-0.2, -0.15) is 0 Å². The minimum Gasteiger partial charge on any atom is -0.392 e. The molecule has 2 amide bonds. The van der Waals surface area contributed by atoms with Crippen molar-refractivity contribution in [1.82, 2.24) is 10.6 Å². The molecule has 2 atom stereocenters. The highest BCUT2D eigenvalue weighted by atomic mass is 32.2. The third-order valence-electron chi connectivity index (χ3n) is 3.42. The van der Waals surface area contributed by atoms with Gasteiger partial charge in [0.05, 0.1) is 6.10 Å². The Bertz CT molecular complexity index is 518. The summed E-state index contributed by atoms with van der Waals surface area (Å²) in [5.41, 5.74) is 1.31. The van der Waals surface area contributed by atoms with Crippen LogP contribution in [0.25, 0.3) is 0 Å². The van der Waals surface area contributed by atoms with Crippen molar-refractivity contribution in [3.63, 3.8) is 0 Å². The lowest BCUT2D eigenvalue weighted by Gasteiger charge is -2.18. The number of hydrogen-bond donors (Lipinski definition) is 3. The Kier molecular flexibility index (Phi) is 9.49. The fraction of sp³-hybridized carbons (Fsp3) is 0.556.